The summed E-state index contributed by atoms with van der Waals surface area (Å²) >= 11 is 0. The van der Waals surface area contributed by atoms with Crippen LogP contribution in [0.25, 0.3) is 6.08 Å². The van der Waals surface area contributed by atoms with Crippen LogP contribution < -0.4 is 0 Å². The van der Waals surface area contributed by atoms with Crippen LogP contribution in [0.2, 0.25) is 0 Å². The largest absolute Gasteiger partial charge is 0.340 e. The topological polar surface area (TPSA) is 67.7 Å². The lowest BCUT2D eigenvalue weighted by Gasteiger charge is -2.40. The van der Waals surface area contributed by atoms with Crippen LogP contribution in [0, 0.1) is 23.2 Å². The molecule has 0 saturated carbocycles. The molecule has 0 bridgehead atoms. The summed E-state index contributed by atoms with van der Waals surface area (Å²) in [7, 11) is 0. The quantitative estimate of drug-likeness (QED) is 0.703. The minimum Gasteiger partial charge on any atom is -0.340 e. The van der Waals surface area contributed by atoms with Crippen molar-refractivity contribution in [2.24, 2.45) is 11.8 Å². The molecule has 0 spiro atoms. The lowest BCUT2D eigenvalue weighted by Crippen LogP contribution is -2.54. The number of carbonyl (C=O) groups is 2. The second-order valence-corrected chi connectivity index (χ2v) is 8.52. The first-order valence-electron chi connectivity index (χ1n) is 10.9. The van der Waals surface area contributed by atoms with Gasteiger partial charge in [0.2, 0.25) is 11.8 Å². The molecule has 2 saturated heterocycles. The van der Waals surface area contributed by atoms with E-state index in [0.29, 0.717) is 26.2 Å². The zero-order valence-electron chi connectivity index (χ0n) is 18.0. The second kappa shape index (κ2) is 10.4. The SMILES string of the molecule is CC(C)C(C#N)N1CCN(C(=O)C2CCN(C(=O)/C=C/c3ccccc3)CC2)CC1. The highest BCUT2D eigenvalue weighted by molar-refractivity contribution is 5.92. The first-order valence-corrected chi connectivity index (χ1v) is 10.9. The fourth-order valence-electron chi connectivity index (χ4n) is 4.31. The van der Waals surface area contributed by atoms with Crippen LogP contribution in [-0.2, 0) is 9.59 Å². The van der Waals surface area contributed by atoms with Crippen molar-refractivity contribution in [3.05, 3.63) is 42.0 Å². The van der Waals surface area contributed by atoms with Gasteiger partial charge < -0.3 is 9.80 Å². The Morgan fingerprint density at radius 3 is 2.20 bits per heavy atom. The first-order chi connectivity index (χ1) is 14.5. The molecule has 1 atom stereocenters. The molecule has 0 radical (unpaired) electrons. The van der Waals surface area contributed by atoms with Gasteiger partial charge in [-0.15, -0.1) is 0 Å². The van der Waals surface area contributed by atoms with Gasteiger partial charge >= 0.3 is 0 Å². The van der Waals surface area contributed by atoms with Crippen molar-refractivity contribution in [3.63, 3.8) is 0 Å². The van der Waals surface area contributed by atoms with Crippen LogP contribution in [0.5, 0.6) is 0 Å². The van der Waals surface area contributed by atoms with E-state index in [-0.39, 0.29) is 29.7 Å². The van der Waals surface area contributed by atoms with Crippen molar-refractivity contribution in [2.75, 3.05) is 39.3 Å². The average molecular weight is 409 g/mol. The molecule has 6 heteroatoms. The van der Waals surface area contributed by atoms with Crippen molar-refractivity contribution < 1.29 is 9.59 Å². The molecular weight excluding hydrogens is 376 g/mol. The second-order valence-electron chi connectivity index (χ2n) is 8.52. The van der Waals surface area contributed by atoms with E-state index in [4.69, 9.17) is 0 Å². The third kappa shape index (κ3) is 5.48. The van der Waals surface area contributed by atoms with Gasteiger partial charge in [0.05, 0.1) is 6.07 Å². The highest BCUT2D eigenvalue weighted by atomic mass is 16.2. The summed E-state index contributed by atoms with van der Waals surface area (Å²) in [5, 5.41) is 9.39. The van der Waals surface area contributed by atoms with Crippen LogP contribution in [0.1, 0.15) is 32.3 Å². The number of carbonyl (C=O) groups excluding carboxylic acids is 2. The summed E-state index contributed by atoms with van der Waals surface area (Å²) in [6, 6.07) is 12.1. The number of nitrogens with zero attached hydrogens (tertiary/aromatic N) is 4. The average Bonchev–Trinajstić information content (AvgIpc) is 2.78. The predicted molar refractivity (Wildman–Crippen MR) is 117 cm³/mol. The highest BCUT2D eigenvalue weighted by Gasteiger charge is 2.33. The Balaban J connectivity index is 1.45. The first kappa shape index (κ1) is 22.0. The van der Waals surface area contributed by atoms with E-state index in [1.54, 1.807) is 6.08 Å². The Morgan fingerprint density at radius 2 is 1.63 bits per heavy atom. The standard InChI is InChI=1S/C24H32N4O2/c1-19(2)22(18-25)26-14-16-28(17-15-26)24(30)21-10-12-27(13-11-21)23(29)9-8-20-6-4-3-5-7-20/h3-9,19,21-22H,10-17H2,1-2H3/b9-8+. The third-order valence-corrected chi connectivity index (χ3v) is 6.16. The van der Waals surface area contributed by atoms with Crippen molar-refractivity contribution in [1.82, 2.24) is 14.7 Å². The number of rotatable bonds is 5. The number of nitriles is 1. The number of hydrogen-bond acceptors (Lipinski definition) is 4. The molecule has 3 rings (SSSR count). The third-order valence-electron chi connectivity index (χ3n) is 6.16. The molecule has 1 aromatic rings. The van der Waals surface area contributed by atoms with Gasteiger partial charge in [0.1, 0.15) is 6.04 Å². The maximum absolute atomic E-state index is 12.9. The van der Waals surface area contributed by atoms with E-state index in [2.05, 4.69) is 24.8 Å². The van der Waals surface area contributed by atoms with Gasteiger partial charge in [-0.1, -0.05) is 44.2 Å². The molecule has 6 nitrogen and oxygen atoms in total. The molecule has 160 valence electrons. The van der Waals surface area contributed by atoms with E-state index in [0.717, 1.165) is 31.5 Å². The number of amides is 2. The summed E-state index contributed by atoms with van der Waals surface area (Å²) in [5.41, 5.74) is 1.01. The van der Waals surface area contributed by atoms with Crippen LogP contribution in [0.15, 0.2) is 36.4 Å². The number of piperidine rings is 1. The van der Waals surface area contributed by atoms with Crippen molar-refractivity contribution in [3.8, 4) is 6.07 Å². The Labute approximate surface area is 179 Å². The fraction of sp³-hybridized carbons (Fsp3) is 0.542. The minimum atomic E-state index is -0.0829. The lowest BCUT2D eigenvalue weighted by atomic mass is 9.94. The van der Waals surface area contributed by atoms with Gasteiger partial charge in [0.15, 0.2) is 0 Å². The smallest absolute Gasteiger partial charge is 0.246 e. The van der Waals surface area contributed by atoms with Crippen LogP contribution in [0.3, 0.4) is 0 Å². The predicted octanol–water partition coefficient (Wildman–Crippen LogP) is 2.63. The summed E-state index contributed by atoms with van der Waals surface area (Å²) < 4.78 is 0. The molecule has 2 heterocycles. The van der Waals surface area contributed by atoms with Gasteiger partial charge in [-0.25, -0.2) is 0 Å². The van der Waals surface area contributed by atoms with Gasteiger partial charge in [-0.2, -0.15) is 5.26 Å². The summed E-state index contributed by atoms with van der Waals surface area (Å²) in [4.78, 5) is 31.4. The van der Waals surface area contributed by atoms with Gasteiger partial charge in [0.25, 0.3) is 0 Å². The molecule has 2 amide bonds. The summed E-state index contributed by atoms with van der Waals surface area (Å²) in [5.74, 6) is 0.500. The molecule has 1 aromatic carbocycles. The number of benzene rings is 1. The molecule has 2 fully saturated rings. The lowest BCUT2D eigenvalue weighted by molar-refractivity contribution is -0.141. The van der Waals surface area contributed by atoms with Crippen molar-refractivity contribution in [1.29, 1.82) is 5.26 Å². The molecular formula is C24H32N4O2. The van der Waals surface area contributed by atoms with Crippen molar-refractivity contribution >= 4 is 17.9 Å². The summed E-state index contributed by atoms with van der Waals surface area (Å²) in [6.07, 6.45) is 4.90. The zero-order chi connectivity index (χ0) is 21.5. The van der Waals surface area contributed by atoms with E-state index >= 15 is 0 Å². The van der Waals surface area contributed by atoms with Crippen LogP contribution >= 0.6 is 0 Å². The Hall–Kier alpha value is -2.65. The molecule has 2 aliphatic rings. The van der Waals surface area contributed by atoms with E-state index in [9.17, 15) is 14.9 Å². The number of likely N-dealkylation sites (tertiary alicyclic amines) is 1. The van der Waals surface area contributed by atoms with E-state index in [1.165, 1.54) is 0 Å². The molecule has 0 N–H and O–H groups in total. The fourth-order valence-corrected chi connectivity index (χ4v) is 4.31. The molecule has 1 unspecified atom stereocenters. The molecule has 30 heavy (non-hydrogen) atoms. The minimum absolute atomic E-state index is 0.00411. The Morgan fingerprint density at radius 1 is 1.00 bits per heavy atom. The highest BCUT2D eigenvalue weighted by Crippen LogP contribution is 2.22. The Kier molecular flexibility index (Phi) is 7.64. The maximum atomic E-state index is 12.9. The zero-order valence-corrected chi connectivity index (χ0v) is 18.0. The van der Waals surface area contributed by atoms with Gasteiger partial charge in [-0.05, 0) is 30.4 Å². The number of hydrogen-bond donors (Lipinski definition) is 0. The van der Waals surface area contributed by atoms with Gasteiger partial charge in [0, 0.05) is 51.3 Å². The van der Waals surface area contributed by atoms with E-state index in [1.807, 2.05) is 46.2 Å². The molecule has 0 aromatic heterocycles. The number of piperazine rings is 1. The summed E-state index contributed by atoms with van der Waals surface area (Å²) in [6.45, 7) is 8.25. The molecule has 2 aliphatic heterocycles. The van der Waals surface area contributed by atoms with Crippen LogP contribution in [0.4, 0.5) is 0 Å². The Bertz CT molecular complexity index is 783. The molecule has 0 aliphatic carbocycles. The monoisotopic (exact) mass is 408 g/mol. The maximum Gasteiger partial charge on any atom is 0.246 e. The van der Waals surface area contributed by atoms with E-state index < -0.39 is 0 Å². The van der Waals surface area contributed by atoms with Crippen molar-refractivity contribution in [2.45, 2.75) is 32.7 Å². The normalized spacial score (nSPS) is 19.8. The van der Waals surface area contributed by atoms with Crippen LogP contribution in [-0.4, -0.2) is 71.8 Å². The van der Waals surface area contributed by atoms with Gasteiger partial charge in [-0.3, -0.25) is 14.5 Å².